The molecule has 0 aliphatic carbocycles. The first-order valence-electron chi connectivity index (χ1n) is 5.34. The SMILES string of the molecule is CC(C)(C)CC(C(=O)O)C(C)(C)C.CN. The molecule has 0 heterocycles. The molecule has 3 nitrogen and oxygen atoms in total. The van der Waals surface area contributed by atoms with Crippen molar-refractivity contribution in [3.05, 3.63) is 0 Å². The lowest BCUT2D eigenvalue weighted by molar-refractivity contribution is -0.146. The highest BCUT2D eigenvalue weighted by Gasteiger charge is 2.34. The summed E-state index contributed by atoms with van der Waals surface area (Å²) in [6, 6.07) is 0. The highest BCUT2D eigenvalue weighted by atomic mass is 16.4. The van der Waals surface area contributed by atoms with Crippen LogP contribution in [0.4, 0.5) is 0 Å². The zero-order chi connectivity index (χ0) is 12.9. The van der Waals surface area contributed by atoms with Crippen molar-refractivity contribution in [1.29, 1.82) is 0 Å². The summed E-state index contributed by atoms with van der Waals surface area (Å²) >= 11 is 0. The highest BCUT2D eigenvalue weighted by molar-refractivity contribution is 5.70. The fraction of sp³-hybridized carbons (Fsp3) is 0.917. The molecule has 0 spiro atoms. The number of nitrogens with two attached hydrogens (primary N) is 1. The fourth-order valence-electron chi connectivity index (χ4n) is 1.38. The largest absolute Gasteiger partial charge is 0.481 e. The van der Waals surface area contributed by atoms with Gasteiger partial charge in [-0.3, -0.25) is 4.79 Å². The molecule has 0 aliphatic heterocycles. The number of aliphatic carboxylic acids is 1. The van der Waals surface area contributed by atoms with E-state index in [2.05, 4.69) is 26.5 Å². The van der Waals surface area contributed by atoms with Gasteiger partial charge < -0.3 is 10.8 Å². The molecular weight excluding hydrogens is 190 g/mol. The number of hydrogen-bond acceptors (Lipinski definition) is 2. The zero-order valence-electron chi connectivity index (χ0n) is 11.2. The van der Waals surface area contributed by atoms with Crippen molar-refractivity contribution in [3.8, 4) is 0 Å². The topological polar surface area (TPSA) is 63.3 Å². The van der Waals surface area contributed by atoms with Crippen molar-refractivity contribution < 1.29 is 9.90 Å². The maximum absolute atomic E-state index is 11.0. The molecule has 0 saturated heterocycles. The molecule has 92 valence electrons. The smallest absolute Gasteiger partial charge is 0.307 e. The van der Waals surface area contributed by atoms with E-state index in [-0.39, 0.29) is 16.7 Å². The van der Waals surface area contributed by atoms with Gasteiger partial charge in [-0.15, -0.1) is 0 Å². The molecule has 0 aliphatic rings. The molecule has 1 atom stereocenters. The van der Waals surface area contributed by atoms with E-state index >= 15 is 0 Å². The molecule has 0 aromatic heterocycles. The summed E-state index contributed by atoms with van der Waals surface area (Å²) < 4.78 is 0. The summed E-state index contributed by atoms with van der Waals surface area (Å²) in [4.78, 5) is 11.0. The minimum atomic E-state index is -0.678. The number of carboxylic acid groups (broad SMARTS) is 1. The van der Waals surface area contributed by atoms with E-state index in [0.29, 0.717) is 0 Å². The molecule has 0 rings (SSSR count). The third-order valence-corrected chi connectivity index (χ3v) is 2.16. The third-order valence-electron chi connectivity index (χ3n) is 2.16. The average Bonchev–Trinajstić information content (AvgIpc) is 2.00. The van der Waals surface area contributed by atoms with Crippen molar-refractivity contribution in [2.24, 2.45) is 22.5 Å². The van der Waals surface area contributed by atoms with Crippen LogP contribution in [0.5, 0.6) is 0 Å². The molecular formula is C12H27NO2. The molecule has 3 N–H and O–H groups in total. The van der Waals surface area contributed by atoms with Gasteiger partial charge in [0.2, 0.25) is 0 Å². The summed E-state index contributed by atoms with van der Waals surface area (Å²) in [6.07, 6.45) is 0.728. The van der Waals surface area contributed by atoms with Gasteiger partial charge in [0.15, 0.2) is 0 Å². The fourth-order valence-corrected chi connectivity index (χ4v) is 1.38. The highest BCUT2D eigenvalue weighted by Crippen LogP contribution is 2.35. The lowest BCUT2D eigenvalue weighted by atomic mass is 9.72. The van der Waals surface area contributed by atoms with Crippen LogP contribution < -0.4 is 5.73 Å². The van der Waals surface area contributed by atoms with Gasteiger partial charge in [-0.25, -0.2) is 0 Å². The van der Waals surface area contributed by atoms with Gasteiger partial charge in [0.05, 0.1) is 5.92 Å². The summed E-state index contributed by atoms with van der Waals surface area (Å²) in [7, 11) is 1.50. The Hall–Kier alpha value is -0.570. The Morgan fingerprint density at radius 1 is 1.13 bits per heavy atom. The summed E-state index contributed by atoms with van der Waals surface area (Å²) in [5.74, 6) is -0.935. The first-order chi connectivity index (χ1) is 6.54. The molecule has 1 unspecified atom stereocenters. The van der Waals surface area contributed by atoms with Crippen molar-refractivity contribution in [2.75, 3.05) is 7.05 Å². The molecule has 0 saturated carbocycles. The first kappa shape index (κ1) is 16.8. The maximum Gasteiger partial charge on any atom is 0.307 e. The lowest BCUT2D eigenvalue weighted by Gasteiger charge is -2.32. The van der Waals surface area contributed by atoms with E-state index in [9.17, 15) is 4.79 Å². The Balaban J connectivity index is 0. The maximum atomic E-state index is 11.0. The number of rotatable bonds is 2. The molecule has 0 aromatic carbocycles. The van der Waals surface area contributed by atoms with Crippen LogP contribution in [0.2, 0.25) is 0 Å². The van der Waals surface area contributed by atoms with Crippen LogP contribution in [-0.4, -0.2) is 18.1 Å². The van der Waals surface area contributed by atoms with Crippen LogP contribution in [0.15, 0.2) is 0 Å². The zero-order valence-corrected chi connectivity index (χ0v) is 11.2. The van der Waals surface area contributed by atoms with Crippen molar-refractivity contribution in [2.45, 2.75) is 48.0 Å². The molecule has 0 amide bonds. The van der Waals surface area contributed by atoms with Gasteiger partial charge in [0.1, 0.15) is 0 Å². The molecule has 15 heavy (non-hydrogen) atoms. The van der Waals surface area contributed by atoms with Gasteiger partial charge in [-0.05, 0) is 24.3 Å². The van der Waals surface area contributed by atoms with E-state index in [0.717, 1.165) is 6.42 Å². The number of carboxylic acids is 1. The lowest BCUT2D eigenvalue weighted by Crippen LogP contribution is -2.32. The molecule has 0 fully saturated rings. The molecule has 0 radical (unpaired) electrons. The van der Waals surface area contributed by atoms with E-state index in [1.165, 1.54) is 7.05 Å². The van der Waals surface area contributed by atoms with Crippen LogP contribution >= 0.6 is 0 Å². The predicted molar refractivity (Wildman–Crippen MR) is 64.8 cm³/mol. The van der Waals surface area contributed by atoms with Crippen LogP contribution in [-0.2, 0) is 4.79 Å². The Morgan fingerprint density at radius 2 is 1.47 bits per heavy atom. The van der Waals surface area contributed by atoms with Crippen LogP contribution in [0.25, 0.3) is 0 Å². The van der Waals surface area contributed by atoms with Crippen molar-refractivity contribution >= 4 is 5.97 Å². The van der Waals surface area contributed by atoms with Crippen molar-refractivity contribution in [3.63, 3.8) is 0 Å². The Bertz CT molecular complexity index is 187. The van der Waals surface area contributed by atoms with E-state index in [1.54, 1.807) is 0 Å². The van der Waals surface area contributed by atoms with Gasteiger partial charge in [-0.1, -0.05) is 41.5 Å². The van der Waals surface area contributed by atoms with Crippen molar-refractivity contribution in [1.82, 2.24) is 0 Å². The third kappa shape index (κ3) is 8.43. The Morgan fingerprint density at radius 3 is 1.53 bits per heavy atom. The summed E-state index contributed by atoms with van der Waals surface area (Å²) in [5, 5.41) is 9.07. The second-order valence-corrected chi connectivity index (χ2v) is 6.02. The summed E-state index contributed by atoms with van der Waals surface area (Å²) in [6.45, 7) is 12.2. The molecule has 0 aromatic rings. The average molecular weight is 217 g/mol. The van der Waals surface area contributed by atoms with Crippen LogP contribution in [0.3, 0.4) is 0 Å². The second kappa shape index (κ2) is 6.11. The Labute approximate surface area is 94.1 Å². The molecule has 0 bridgehead atoms. The number of hydrogen-bond donors (Lipinski definition) is 2. The normalized spacial score (nSPS) is 13.9. The van der Waals surface area contributed by atoms with Gasteiger partial charge in [0, 0.05) is 0 Å². The quantitative estimate of drug-likeness (QED) is 0.747. The standard InChI is InChI=1S/C11H22O2.CH5N/c1-10(2,3)7-8(9(12)13)11(4,5)6;1-2/h8H,7H2,1-6H3,(H,12,13);2H2,1H3. The van der Waals surface area contributed by atoms with Gasteiger partial charge in [-0.2, -0.15) is 0 Å². The minimum absolute atomic E-state index is 0.0797. The summed E-state index contributed by atoms with van der Waals surface area (Å²) in [5.41, 5.74) is 4.43. The van der Waals surface area contributed by atoms with Crippen LogP contribution in [0.1, 0.15) is 48.0 Å². The molecule has 3 heteroatoms. The monoisotopic (exact) mass is 217 g/mol. The van der Waals surface area contributed by atoms with E-state index in [4.69, 9.17) is 5.11 Å². The van der Waals surface area contributed by atoms with Gasteiger partial charge in [0.25, 0.3) is 0 Å². The predicted octanol–water partition coefficient (Wildman–Crippen LogP) is 2.74. The van der Waals surface area contributed by atoms with E-state index in [1.807, 2.05) is 20.8 Å². The van der Waals surface area contributed by atoms with Gasteiger partial charge >= 0.3 is 5.97 Å². The second-order valence-electron chi connectivity index (χ2n) is 6.02. The number of carbonyl (C=O) groups is 1. The minimum Gasteiger partial charge on any atom is -0.481 e. The van der Waals surface area contributed by atoms with E-state index < -0.39 is 5.97 Å². The Kier molecular flexibility index (Phi) is 6.86. The van der Waals surface area contributed by atoms with Crippen LogP contribution in [0, 0.1) is 16.7 Å². The first-order valence-corrected chi connectivity index (χ1v) is 5.34.